The second-order valence-electron chi connectivity index (χ2n) is 9.32. The van der Waals surface area contributed by atoms with Crippen LogP contribution in [-0.2, 0) is 10.5 Å². The Labute approximate surface area is 153 Å². The third kappa shape index (κ3) is 6.60. The van der Waals surface area contributed by atoms with Crippen LogP contribution in [0.4, 0.5) is 0 Å². The molecule has 0 saturated heterocycles. The summed E-state index contributed by atoms with van der Waals surface area (Å²) < 4.78 is -0.192. The van der Waals surface area contributed by atoms with E-state index in [-0.39, 0.29) is 27.5 Å². The van der Waals surface area contributed by atoms with E-state index in [4.69, 9.17) is 0 Å². The molecular weight excluding hydrogens is 314 g/mol. The minimum atomic E-state index is -0.357. The first kappa shape index (κ1) is 21.2. The molecule has 24 heavy (non-hydrogen) atoms. The predicted molar refractivity (Wildman–Crippen MR) is 108 cm³/mol. The molecule has 0 heterocycles. The molecule has 0 bridgehead atoms. The second kappa shape index (κ2) is 7.61. The zero-order valence-corrected chi connectivity index (χ0v) is 17.7. The smallest absolute Gasteiger partial charge is 0.156 e. The number of Topliss-reactive ketones (excluding diaryl/α,β-unsaturated/α-hetero) is 1. The maximum absolute atomic E-state index is 13.1. The Morgan fingerprint density at radius 3 is 1.92 bits per heavy atom. The van der Waals surface area contributed by atoms with Crippen molar-refractivity contribution in [3.8, 4) is 0 Å². The van der Waals surface area contributed by atoms with Gasteiger partial charge < -0.3 is 5.32 Å². The van der Waals surface area contributed by atoms with Gasteiger partial charge in [-0.1, -0.05) is 50.6 Å². The van der Waals surface area contributed by atoms with Gasteiger partial charge in [-0.05, 0) is 47.1 Å². The lowest BCUT2D eigenvalue weighted by atomic mass is 9.81. The van der Waals surface area contributed by atoms with Crippen LogP contribution in [0.3, 0.4) is 0 Å². The van der Waals surface area contributed by atoms with E-state index < -0.39 is 0 Å². The van der Waals surface area contributed by atoms with Crippen molar-refractivity contribution in [2.45, 2.75) is 84.4 Å². The number of carbonyl (C=O) groups excluding carboxylic acids is 1. The molecule has 0 aromatic heterocycles. The van der Waals surface area contributed by atoms with Gasteiger partial charge in [-0.25, -0.2) is 0 Å². The summed E-state index contributed by atoms with van der Waals surface area (Å²) >= 11 is 1.85. The van der Waals surface area contributed by atoms with Crippen LogP contribution in [0.1, 0.15) is 66.5 Å². The van der Waals surface area contributed by atoms with Gasteiger partial charge >= 0.3 is 0 Å². The van der Waals surface area contributed by atoms with Gasteiger partial charge in [0, 0.05) is 21.5 Å². The number of rotatable bonds is 6. The van der Waals surface area contributed by atoms with Gasteiger partial charge in [0.25, 0.3) is 0 Å². The van der Waals surface area contributed by atoms with Crippen molar-refractivity contribution in [2.24, 2.45) is 5.41 Å². The van der Waals surface area contributed by atoms with Crippen molar-refractivity contribution in [2.75, 3.05) is 0 Å². The van der Waals surface area contributed by atoms with Crippen molar-refractivity contribution in [1.82, 2.24) is 5.32 Å². The molecule has 1 unspecified atom stereocenters. The molecule has 0 aliphatic heterocycles. The highest BCUT2D eigenvalue weighted by Gasteiger charge is 2.41. The minimum Gasteiger partial charge on any atom is -0.302 e. The standard InChI is InChI=1S/C21H35NOS/c1-15-10-12-16(13-11-15)14-24-21(8,9)17(22-20(5,6)7)18(23)19(2,3)4/h10-13,17,22H,14H2,1-9H3. The summed E-state index contributed by atoms with van der Waals surface area (Å²) in [6.45, 7) is 18.8. The molecule has 1 aromatic rings. The van der Waals surface area contributed by atoms with Crippen LogP contribution in [0.5, 0.6) is 0 Å². The lowest BCUT2D eigenvalue weighted by molar-refractivity contribution is -0.129. The third-order valence-electron chi connectivity index (χ3n) is 4.01. The fourth-order valence-corrected chi connectivity index (χ4v) is 3.52. The van der Waals surface area contributed by atoms with Crippen LogP contribution in [0.25, 0.3) is 0 Å². The highest BCUT2D eigenvalue weighted by atomic mass is 32.2. The number of aryl methyl sites for hydroxylation is 1. The Kier molecular flexibility index (Phi) is 6.74. The predicted octanol–water partition coefficient (Wildman–Crippen LogP) is 5.38. The zero-order chi connectivity index (χ0) is 18.8. The van der Waals surface area contributed by atoms with Gasteiger partial charge in [-0.15, -0.1) is 11.8 Å². The number of hydrogen-bond donors (Lipinski definition) is 1. The van der Waals surface area contributed by atoms with E-state index in [1.54, 1.807) is 0 Å². The molecule has 0 fully saturated rings. The molecular formula is C21H35NOS. The summed E-state index contributed by atoms with van der Waals surface area (Å²) in [5.74, 6) is 1.19. The van der Waals surface area contributed by atoms with E-state index in [1.807, 2.05) is 32.5 Å². The summed E-state index contributed by atoms with van der Waals surface area (Å²) in [5.41, 5.74) is 2.12. The molecule has 1 atom stereocenters. The van der Waals surface area contributed by atoms with Gasteiger partial charge in [0.05, 0.1) is 6.04 Å². The van der Waals surface area contributed by atoms with Gasteiger partial charge in [-0.3, -0.25) is 4.79 Å². The molecule has 0 aliphatic carbocycles. The highest BCUT2D eigenvalue weighted by Crippen LogP contribution is 2.35. The van der Waals surface area contributed by atoms with E-state index in [0.29, 0.717) is 0 Å². The summed E-state index contributed by atoms with van der Waals surface area (Å²) in [4.78, 5) is 13.1. The van der Waals surface area contributed by atoms with Gasteiger partial charge in [0.1, 0.15) is 0 Å². The normalized spacial score (nSPS) is 14.5. The number of thioether (sulfide) groups is 1. The molecule has 1 aromatic carbocycles. The number of ketones is 1. The largest absolute Gasteiger partial charge is 0.302 e. The molecule has 0 aliphatic rings. The van der Waals surface area contributed by atoms with Crippen LogP contribution in [-0.4, -0.2) is 22.1 Å². The van der Waals surface area contributed by atoms with Crippen LogP contribution in [0.2, 0.25) is 0 Å². The molecule has 3 heteroatoms. The van der Waals surface area contributed by atoms with Crippen LogP contribution < -0.4 is 5.32 Å². The van der Waals surface area contributed by atoms with Crippen molar-refractivity contribution < 1.29 is 4.79 Å². The van der Waals surface area contributed by atoms with Gasteiger partial charge in [0.15, 0.2) is 5.78 Å². The van der Waals surface area contributed by atoms with E-state index >= 15 is 0 Å². The molecule has 1 rings (SSSR count). The quantitative estimate of drug-likeness (QED) is 0.747. The van der Waals surface area contributed by atoms with Crippen LogP contribution >= 0.6 is 11.8 Å². The SMILES string of the molecule is Cc1ccc(CSC(C)(C)C(NC(C)(C)C)C(=O)C(C)(C)C)cc1. The van der Waals surface area contributed by atoms with Gasteiger partial charge in [0.2, 0.25) is 0 Å². The number of benzene rings is 1. The zero-order valence-electron chi connectivity index (χ0n) is 16.9. The van der Waals surface area contributed by atoms with Crippen LogP contribution in [0, 0.1) is 12.3 Å². The topological polar surface area (TPSA) is 29.1 Å². The monoisotopic (exact) mass is 349 g/mol. The number of nitrogens with one attached hydrogen (secondary N) is 1. The second-order valence-corrected chi connectivity index (χ2v) is 10.9. The fraction of sp³-hybridized carbons (Fsp3) is 0.667. The highest BCUT2D eigenvalue weighted by molar-refractivity contribution is 7.99. The number of hydrogen-bond acceptors (Lipinski definition) is 3. The maximum Gasteiger partial charge on any atom is 0.156 e. The average Bonchev–Trinajstić information content (AvgIpc) is 2.41. The lowest BCUT2D eigenvalue weighted by Gasteiger charge is -2.41. The molecule has 2 nitrogen and oxygen atoms in total. The molecule has 1 N–H and O–H groups in total. The van der Waals surface area contributed by atoms with Crippen LogP contribution in [0.15, 0.2) is 24.3 Å². The third-order valence-corrected chi connectivity index (χ3v) is 5.46. The van der Waals surface area contributed by atoms with Crippen molar-refractivity contribution in [3.63, 3.8) is 0 Å². The first-order chi connectivity index (χ1) is 10.7. The Balaban J connectivity index is 2.96. The van der Waals surface area contributed by atoms with E-state index in [1.165, 1.54) is 11.1 Å². The van der Waals surface area contributed by atoms with Crippen molar-refractivity contribution in [1.29, 1.82) is 0 Å². The van der Waals surface area contributed by atoms with E-state index in [9.17, 15) is 4.79 Å². The first-order valence-electron chi connectivity index (χ1n) is 8.74. The molecule has 0 saturated carbocycles. The Bertz CT molecular complexity index is 547. The van der Waals surface area contributed by atoms with Crippen molar-refractivity contribution >= 4 is 17.5 Å². The Morgan fingerprint density at radius 1 is 1.00 bits per heavy atom. The molecule has 0 radical (unpaired) electrons. The molecule has 0 spiro atoms. The minimum absolute atomic E-state index is 0.104. The first-order valence-corrected chi connectivity index (χ1v) is 9.72. The van der Waals surface area contributed by atoms with E-state index in [0.717, 1.165) is 5.75 Å². The molecule has 136 valence electrons. The van der Waals surface area contributed by atoms with E-state index in [2.05, 4.69) is 71.1 Å². The summed E-state index contributed by atoms with van der Waals surface area (Å²) in [6, 6.07) is 8.46. The maximum atomic E-state index is 13.1. The Morgan fingerprint density at radius 2 is 1.50 bits per heavy atom. The summed E-state index contributed by atoms with van der Waals surface area (Å²) in [6.07, 6.45) is 0. The number of carbonyl (C=O) groups is 1. The average molecular weight is 350 g/mol. The molecule has 0 amide bonds. The summed E-state index contributed by atoms with van der Waals surface area (Å²) in [5, 5.41) is 3.58. The van der Waals surface area contributed by atoms with Crippen molar-refractivity contribution in [3.05, 3.63) is 35.4 Å². The summed E-state index contributed by atoms with van der Waals surface area (Å²) in [7, 11) is 0. The lowest BCUT2D eigenvalue weighted by Crippen LogP contribution is -2.59. The van der Waals surface area contributed by atoms with Gasteiger partial charge in [-0.2, -0.15) is 0 Å². The fourth-order valence-electron chi connectivity index (χ4n) is 2.46. The Hall–Kier alpha value is -0.800.